The molecule has 0 aliphatic carbocycles. The van der Waals surface area contributed by atoms with Crippen LogP contribution in [0.5, 0.6) is 0 Å². The van der Waals surface area contributed by atoms with E-state index in [1.807, 2.05) is 6.92 Å². The van der Waals surface area contributed by atoms with Crippen LogP contribution < -0.4 is 4.72 Å². The van der Waals surface area contributed by atoms with Crippen LogP contribution in [0.2, 0.25) is 0 Å². The van der Waals surface area contributed by atoms with Gasteiger partial charge in [-0.05, 0) is 53.4 Å². The molecule has 0 aliphatic rings. The van der Waals surface area contributed by atoms with Gasteiger partial charge in [-0.1, -0.05) is 28.8 Å². The van der Waals surface area contributed by atoms with Gasteiger partial charge in [0.2, 0.25) is 10.0 Å². The van der Waals surface area contributed by atoms with Crippen LogP contribution in [0, 0.1) is 6.92 Å². The summed E-state index contributed by atoms with van der Waals surface area (Å²) in [6.45, 7) is 2.36. The fourth-order valence-electron chi connectivity index (χ4n) is 1.69. The predicted octanol–water partition coefficient (Wildman–Crippen LogP) is 4.60. The van der Waals surface area contributed by atoms with Gasteiger partial charge in [0.15, 0.2) is 0 Å². The van der Waals surface area contributed by atoms with Crippen molar-refractivity contribution < 1.29 is 8.42 Å². The van der Waals surface area contributed by atoms with E-state index in [2.05, 4.69) is 36.6 Å². The van der Waals surface area contributed by atoms with Crippen LogP contribution >= 0.6 is 43.5 Å². The van der Waals surface area contributed by atoms with Crippen molar-refractivity contribution in [1.82, 2.24) is 4.72 Å². The Kier molecular flexibility index (Phi) is 8.05. The molecule has 0 radical (unpaired) electrons. The summed E-state index contributed by atoms with van der Waals surface area (Å²) in [5, 5.41) is 0. The molecule has 0 atom stereocenters. The van der Waals surface area contributed by atoms with Crippen molar-refractivity contribution in [3.63, 3.8) is 0 Å². The zero-order chi connectivity index (χ0) is 15.2. The van der Waals surface area contributed by atoms with Crippen molar-refractivity contribution in [2.45, 2.75) is 37.5 Å². The van der Waals surface area contributed by atoms with Crippen molar-refractivity contribution in [3.8, 4) is 0 Å². The van der Waals surface area contributed by atoms with Gasteiger partial charge in [0, 0.05) is 21.4 Å². The molecular formula is C13H18Br2ClNO2S. The normalized spacial score (nSPS) is 11.8. The number of unbranched alkanes of at least 4 members (excludes halogenated alkanes) is 3. The van der Waals surface area contributed by atoms with Gasteiger partial charge in [0.05, 0.1) is 4.90 Å². The maximum atomic E-state index is 12.2. The number of hydrogen-bond donors (Lipinski definition) is 1. The lowest BCUT2D eigenvalue weighted by Gasteiger charge is -2.10. The van der Waals surface area contributed by atoms with Gasteiger partial charge in [-0.2, -0.15) is 0 Å². The lowest BCUT2D eigenvalue weighted by molar-refractivity contribution is 0.573. The highest BCUT2D eigenvalue weighted by atomic mass is 79.9. The van der Waals surface area contributed by atoms with Crippen LogP contribution in [-0.2, 0) is 10.0 Å². The van der Waals surface area contributed by atoms with Gasteiger partial charge in [0.1, 0.15) is 0 Å². The summed E-state index contributed by atoms with van der Waals surface area (Å²) in [4.78, 5) is 0.260. The Hall–Kier alpha value is 0.380. The van der Waals surface area contributed by atoms with Crippen molar-refractivity contribution in [2.24, 2.45) is 0 Å². The molecule has 20 heavy (non-hydrogen) atoms. The highest BCUT2D eigenvalue weighted by molar-refractivity contribution is 9.11. The molecule has 1 rings (SSSR count). The van der Waals surface area contributed by atoms with E-state index in [-0.39, 0.29) is 4.90 Å². The molecule has 1 aromatic carbocycles. The molecule has 3 nitrogen and oxygen atoms in total. The van der Waals surface area contributed by atoms with E-state index in [0.29, 0.717) is 16.9 Å². The largest absolute Gasteiger partial charge is 0.241 e. The van der Waals surface area contributed by atoms with Gasteiger partial charge >= 0.3 is 0 Å². The van der Waals surface area contributed by atoms with Gasteiger partial charge in [0.25, 0.3) is 0 Å². The first kappa shape index (κ1) is 18.4. The molecular weight excluding hydrogens is 429 g/mol. The first-order valence-electron chi connectivity index (χ1n) is 6.40. The number of nitrogens with one attached hydrogen (secondary N) is 1. The maximum absolute atomic E-state index is 12.2. The number of aryl methyl sites for hydroxylation is 1. The second-order valence-corrected chi connectivity index (χ2v) is 8.35. The summed E-state index contributed by atoms with van der Waals surface area (Å²) in [7, 11) is -3.48. The highest BCUT2D eigenvalue weighted by Gasteiger charge is 2.18. The first-order chi connectivity index (χ1) is 9.38. The van der Waals surface area contributed by atoms with Gasteiger partial charge in [-0.25, -0.2) is 13.1 Å². The van der Waals surface area contributed by atoms with Crippen molar-refractivity contribution in [1.29, 1.82) is 0 Å². The predicted molar refractivity (Wildman–Crippen MR) is 91.0 cm³/mol. The lowest BCUT2D eigenvalue weighted by Crippen LogP contribution is -2.25. The third-order valence-electron chi connectivity index (χ3n) is 2.86. The van der Waals surface area contributed by atoms with Crippen LogP contribution in [0.15, 0.2) is 26.0 Å². The molecule has 0 heterocycles. The molecule has 0 aliphatic heterocycles. The van der Waals surface area contributed by atoms with Crippen molar-refractivity contribution in [2.75, 3.05) is 12.4 Å². The number of alkyl halides is 1. The molecule has 0 fully saturated rings. The van der Waals surface area contributed by atoms with Crippen LogP contribution in [0.3, 0.4) is 0 Å². The molecule has 1 aromatic rings. The molecule has 7 heteroatoms. The van der Waals surface area contributed by atoms with Gasteiger partial charge < -0.3 is 0 Å². The summed E-state index contributed by atoms with van der Waals surface area (Å²) in [5.74, 6) is 0.663. The van der Waals surface area contributed by atoms with Gasteiger partial charge in [-0.15, -0.1) is 11.6 Å². The molecule has 0 spiro atoms. The number of benzene rings is 1. The third kappa shape index (κ3) is 5.64. The quantitative estimate of drug-likeness (QED) is 0.468. The monoisotopic (exact) mass is 445 g/mol. The summed E-state index contributed by atoms with van der Waals surface area (Å²) < 4.78 is 28.4. The molecule has 0 unspecified atom stereocenters. The Labute approximate surface area is 142 Å². The zero-order valence-electron chi connectivity index (χ0n) is 11.3. The second-order valence-electron chi connectivity index (χ2n) is 4.53. The van der Waals surface area contributed by atoms with Crippen molar-refractivity contribution in [3.05, 3.63) is 26.6 Å². The lowest BCUT2D eigenvalue weighted by atomic mass is 10.2. The Balaban J connectivity index is 2.63. The smallest absolute Gasteiger partial charge is 0.211 e. The van der Waals surface area contributed by atoms with Gasteiger partial charge in [-0.3, -0.25) is 0 Å². The number of hydrogen-bond acceptors (Lipinski definition) is 2. The van der Waals surface area contributed by atoms with E-state index in [4.69, 9.17) is 11.6 Å². The van der Waals surface area contributed by atoms with Crippen LogP contribution in [0.1, 0.15) is 31.2 Å². The molecule has 0 bridgehead atoms. The van der Waals surface area contributed by atoms with E-state index in [0.717, 1.165) is 35.7 Å². The minimum atomic E-state index is -3.48. The fourth-order valence-corrected chi connectivity index (χ4v) is 4.63. The van der Waals surface area contributed by atoms with Crippen LogP contribution in [0.4, 0.5) is 0 Å². The zero-order valence-corrected chi connectivity index (χ0v) is 16.0. The Morgan fingerprint density at radius 3 is 2.40 bits per heavy atom. The summed E-state index contributed by atoms with van der Waals surface area (Å²) in [6, 6.07) is 3.41. The SMILES string of the molecule is Cc1cc(Br)c(S(=O)(=O)NCCCCCCCl)cc1Br. The topological polar surface area (TPSA) is 46.2 Å². The minimum absolute atomic E-state index is 0.260. The van der Waals surface area contributed by atoms with Crippen molar-refractivity contribution >= 4 is 53.5 Å². The van der Waals surface area contributed by atoms with Crippen LogP contribution in [-0.4, -0.2) is 20.8 Å². The molecule has 0 saturated carbocycles. The molecule has 1 N–H and O–H groups in total. The molecule has 0 saturated heterocycles. The average molecular weight is 448 g/mol. The van der Waals surface area contributed by atoms with E-state index < -0.39 is 10.0 Å². The summed E-state index contributed by atoms with van der Waals surface area (Å²) >= 11 is 12.3. The number of sulfonamides is 1. The third-order valence-corrected chi connectivity index (χ3v) is 6.40. The Bertz CT molecular complexity index is 550. The Morgan fingerprint density at radius 1 is 1.10 bits per heavy atom. The standard InChI is InChI=1S/C13H18Br2ClNO2S/c1-10-8-12(15)13(9-11(10)14)20(18,19)17-7-5-3-2-4-6-16/h8-9,17H,2-7H2,1H3. The number of halogens is 3. The first-order valence-corrected chi connectivity index (χ1v) is 10.00. The van der Waals surface area contributed by atoms with E-state index in [1.165, 1.54) is 0 Å². The fraction of sp³-hybridized carbons (Fsp3) is 0.538. The molecule has 0 amide bonds. The average Bonchev–Trinajstić information content (AvgIpc) is 2.37. The molecule has 0 aromatic heterocycles. The maximum Gasteiger partial charge on any atom is 0.241 e. The highest BCUT2D eigenvalue weighted by Crippen LogP contribution is 2.28. The van der Waals surface area contributed by atoms with Crippen LogP contribution in [0.25, 0.3) is 0 Å². The summed E-state index contributed by atoms with van der Waals surface area (Å²) in [5.41, 5.74) is 0.983. The van der Waals surface area contributed by atoms with E-state index in [9.17, 15) is 8.42 Å². The number of rotatable bonds is 8. The summed E-state index contributed by atoms with van der Waals surface area (Å²) in [6.07, 6.45) is 3.81. The van der Waals surface area contributed by atoms with E-state index in [1.54, 1.807) is 12.1 Å². The van der Waals surface area contributed by atoms with E-state index >= 15 is 0 Å². The minimum Gasteiger partial charge on any atom is -0.211 e. The molecule has 114 valence electrons. The second kappa shape index (κ2) is 8.73. The Morgan fingerprint density at radius 2 is 1.75 bits per heavy atom.